The minimum Gasteiger partial charge on any atom is -0.360 e. The van der Waals surface area contributed by atoms with E-state index in [-0.39, 0.29) is 18.1 Å². The van der Waals surface area contributed by atoms with E-state index in [0.717, 1.165) is 19.4 Å². The quantitative estimate of drug-likeness (QED) is 0.654. The summed E-state index contributed by atoms with van der Waals surface area (Å²) in [5.74, 6) is 0.000557. The van der Waals surface area contributed by atoms with Crippen LogP contribution in [0.3, 0.4) is 0 Å². The first kappa shape index (κ1) is 16.2. The standard InChI is InChI=1S/C15H22N4O3/c1-16-12-6-5-9-18(10-12)15(20)11-17(2)13-7-3-4-8-14(13)19(21)22/h3-4,7-8,12,16H,5-6,9-11H2,1-2H3. The Bertz CT molecular complexity index is 549. The van der Waals surface area contributed by atoms with Gasteiger partial charge in [0.25, 0.3) is 5.69 Å². The van der Waals surface area contributed by atoms with Gasteiger partial charge in [0.1, 0.15) is 5.69 Å². The number of nitrogens with one attached hydrogen (secondary N) is 1. The summed E-state index contributed by atoms with van der Waals surface area (Å²) in [6.45, 7) is 1.59. The topological polar surface area (TPSA) is 78.7 Å². The number of rotatable bonds is 5. The number of nitrogens with zero attached hydrogens (tertiary/aromatic N) is 3. The molecule has 1 aliphatic rings. The van der Waals surface area contributed by atoms with Gasteiger partial charge in [0, 0.05) is 32.2 Å². The molecule has 0 aliphatic carbocycles. The van der Waals surface area contributed by atoms with E-state index in [1.807, 2.05) is 11.9 Å². The summed E-state index contributed by atoms with van der Waals surface area (Å²) in [6, 6.07) is 6.81. The van der Waals surface area contributed by atoms with Crippen molar-refractivity contribution in [3.8, 4) is 0 Å². The number of hydrogen-bond donors (Lipinski definition) is 1. The van der Waals surface area contributed by atoms with Crippen molar-refractivity contribution in [1.82, 2.24) is 10.2 Å². The molecule has 0 radical (unpaired) electrons. The number of piperidine rings is 1. The summed E-state index contributed by atoms with van der Waals surface area (Å²) in [5, 5.41) is 14.3. The van der Waals surface area contributed by atoms with E-state index in [2.05, 4.69) is 5.32 Å². The Balaban J connectivity index is 2.04. The van der Waals surface area contributed by atoms with Crippen LogP contribution in [0.25, 0.3) is 0 Å². The van der Waals surface area contributed by atoms with E-state index in [9.17, 15) is 14.9 Å². The zero-order chi connectivity index (χ0) is 16.1. The highest BCUT2D eigenvalue weighted by Crippen LogP contribution is 2.26. The van der Waals surface area contributed by atoms with Crippen LogP contribution in [0.1, 0.15) is 12.8 Å². The molecule has 0 bridgehead atoms. The van der Waals surface area contributed by atoms with Crippen LogP contribution in [-0.2, 0) is 4.79 Å². The molecule has 0 saturated carbocycles. The van der Waals surface area contributed by atoms with E-state index in [0.29, 0.717) is 18.3 Å². The largest absolute Gasteiger partial charge is 0.360 e. The Hall–Kier alpha value is -2.15. The van der Waals surface area contributed by atoms with E-state index in [1.54, 1.807) is 30.1 Å². The number of likely N-dealkylation sites (tertiary alicyclic amines) is 1. The Morgan fingerprint density at radius 2 is 2.23 bits per heavy atom. The Morgan fingerprint density at radius 1 is 1.50 bits per heavy atom. The molecule has 1 saturated heterocycles. The molecular formula is C15H22N4O3. The van der Waals surface area contributed by atoms with Gasteiger partial charge in [-0.25, -0.2) is 0 Å². The first-order valence-electron chi connectivity index (χ1n) is 7.42. The molecule has 1 unspecified atom stereocenters. The monoisotopic (exact) mass is 306 g/mol. The third kappa shape index (κ3) is 3.73. The lowest BCUT2D eigenvalue weighted by Gasteiger charge is -2.33. The highest BCUT2D eigenvalue weighted by molar-refractivity contribution is 5.82. The molecule has 1 N–H and O–H groups in total. The number of amides is 1. The number of carbonyl (C=O) groups is 1. The molecule has 7 heteroatoms. The van der Waals surface area contributed by atoms with Gasteiger partial charge in [-0.1, -0.05) is 12.1 Å². The minimum atomic E-state index is -0.422. The van der Waals surface area contributed by atoms with Crippen molar-refractivity contribution in [3.05, 3.63) is 34.4 Å². The van der Waals surface area contributed by atoms with Gasteiger partial charge in [-0.15, -0.1) is 0 Å². The third-order valence-corrected chi connectivity index (χ3v) is 4.04. The fourth-order valence-electron chi connectivity index (χ4n) is 2.77. The van der Waals surface area contributed by atoms with Crippen molar-refractivity contribution >= 4 is 17.3 Å². The SMILES string of the molecule is CNC1CCCN(C(=O)CN(C)c2ccccc2[N+](=O)[O-])C1. The lowest BCUT2D eigenvalue weighted by Crippen LogP contribution is -2.49. The highest BCUT2D eigenvalue weighted by Gasteiger charge is 2.25. The molecular weight excluding hydrogens is 284 g/mol. The van der Waals surface area contributed by atoms with Crippen LogP contribution in [0.2, 0.25) is 0 Å². The first-order valence-corrected chi connectivity index (χ1v) is 7.42. The summed E-state index contributed by atoms with van der Waals surface area (Å²) >= 11 is 0. The fraction of sp³-hybridized carbons (Fsp3) is 0.533. The summed E-state index contributed by atoms with van der Waals surface area (Å²) in [6.07, 6.45) is 2.05. The fourth-order valence-corrected chi connectivity index (χ4v) is 2.77. The number of nitro groups is 1. The summed E-state index contributed by atoms with van der Waals surface area (Å²) in [7, 11) is 3.61. The van der Waals surface area contributed by atoms with E-state index < -0.39 is 4.92 Å². The number of benzene rings is 1. The molecule has 1 aliphatic heterocycles. The Morgan fingerprint density at radius 3 is 2.91 bits per heavy atom. The van der Waals surface area contributed by atoms with Gasteiger partial charge in [0.2, 0.25) is 5.91 Å². The molecule has 120 valence electrons. The zero-order valence-electron chi connectivity index (χ0n) is 13.0. The second-order valence-corrected chi connectivity index (χ2v) is 5.57. The molecule has 1 aromatic rings. The third-order valence-electron chi connectivity index (χ3n) is 4.04. The molecule has 2 rings (SSSR count). The molecule has 22 heavy (non-hydrogen) atoms. The van der Waals surface area contributed by atoms with Gasteiger partial charge in [-0.05, 0) is 26.0 Å². The number of likely N-dealkylation sites (N-methyl/N-ethyl adjacent to an activating group) is 2. The molecule has 0 aromatic heterocycles. The van der Waals surface area contributed by atoms with Gasteiger partial charge < -0.3 is 15.1 Å². The Kier molecular flexibility index (Phi) is 5.32. The second-order valence-electron chi connectivity index (χ2n) is 5.57. The highest BCUT2D eigenvalue weighted by atomic mass is 16.6. The van der Waals surface area contributed by atoms with E-state index >= 15 is 0 Å². The number of nitro benzene ring substituents is 1. The molecule has 1 fully saturated rings. The smallest absolute Gasteiger partial charge is 0.292 e. The van der Waals surface area contributed by atoms with Crippen LogP contribution < -0.4 is 10.2 Å². The van der Waals surface area contributed by atoms with Crippen LogP contribution in [0.5, 0.6) is 0 Å². The predicted molar refractivity (Wildman–Crippen MR) is 85.0 cm³/mol. The molecule has 1 atom stereocenters. The maximum atomic E-state index is 12.4. The number of para-hydroxylation sites is 2. The number of hydrogen-bond acceptors (Lipinski definition) is 5. The van der Waals surface area contributed by atoms with Crippen LogP contribution >= 0.6 is 0 Å². The van der Waals surface area contributed by atoms with Crippen molar-refractivity contribution in [2.45, 2.75) is 18.9 Å². The van der Waals surface area contributed by atoms with E-state index in [4.69, 9.17) is 0 Å². The van der Waals surface area contributed by atoms with Crippen molar-refractivity contribution < 1.29 is 9.72 Å². The molecule has 1 amide bonds. The average Bonchev–Trinajstić information content (AvgIpc) is 2.54. The van der Waals surface area contributed by atoms with Crippen molar-refractivity contribution in [3.63, 3.8) is 0 Å². The summed E-state index contributed by atoms with van der Waals surface area (Å²) in [5.41, 5.74) is 0.479. The van der Waals surface area contributed by atoms with Crippen LogP contribution in [0.15, 0.2) is 24.3 Å². The average molecular weight is 306 g/mol. The normalized spacial score (nSPS) is 18.1. The van der Waals surface area contributed by atoms with Crippen molar-refractivity contribution in [2.75, 3.05) is 38.6 Å². The molecule has 1 aromatic carbocycles. The van der Waals surface area contributed by atoms with Crippen molar-refractivity contribution in [2.24, 2.45) is 0 Å². The van der Waals surface area contributed by atoms with Gasteiger partial charge in [0.05, 0.1) is 11.5 Å². The lowest BCUT2D eigenvalue weighted by molar-refractivity contribution is -0.384. The molecule has 1 heterocycles. The van der Waals surface area contributed by atoms with Gasteiger partial charge in [0.15, 0.2) is 0 Å². The maximum absolute atomic E-state index is 12.4. The second kappa shape index (κ2) is 7.22. The number of anilines is 1. The molecule has 0 spiro atoms. The number of carbonyl (C=O) groups excluding carboxylic acids is 1. The van der Waals surface area contributed by atoms with Crippen LogP contribution in [0, 0.1) is 10.1 Å². The minimum absolute atomic E-state index is 0.000557. The van der Waals surface area contributed by atoms with Crippen molar-refractivity contribution in [1.29, 1.82) is 0 Å². The van der Waals surface area contributed by atoms with E-state index in [1.165, 1.54) is 6.07 Å². The predicted octanol–water partition coefficient (Wildman–Crippen LogP) is 1.24. The van der Waals surface area contributed by atoms with Crippen LogP contribution in [0.4, 0.5) is 11.4 Å². The Labute approximate surface area is 130 Å². The summed E-state index contributed by atoms with van der Waals surface area (Å²) < 4.78 is 0. The summed E-state index contributed by atoms with van der Waals surface area (Å²) in [4.78, 5) is 26.5. The zero-order valence-corrected chi connectivity index (χ0v) is 13.0. The lowest BCUT2D eigenvalue weighted by atomic mass is 10.1. The van der Waals surface area contributed by atoms with Gasteiger partial charge >= 0.3 is 0 Å². The van der Waals surface area contributed by atoms with Gasteiger partial charge in [-0.2, -0.15) is 0 Å². The molecule has 7 nitrogen and oxygen atoms in total. The maximum Gasteiger partial charge on any atom is 0.292 e. The van der Waals surface area contributed by atoms with Gasteiger partial charge in [-0.3, -0.25) is 14.9 Å². The first-order chi connectivity index (χ1) is 10.5. The van der Waals surface area contributed by atoms with Crippen LogP contribution in [-0.4, -0.2) is 55.5 Å².